The molecule has 164 valence electrons. The van der Waals surface area contributed by atoms with Gasteiger partial charge in [-0.25, -0.2) is 4.98 Å². The van der Waals surface area contributed by atoms with E-state index in [0.29, 0.717) is 36.3 Å². The van der Waals surface area contributed by atoms with Crippen LogP contribution in [0.4, 0.5) is 0 Å². The number of benzene rings is 3. The molecule has 4 rings (SSSR count). The highest BCUT2D eigenvalue weighted by Crippen LogP contribution is 2.25. The van der Waals surface area contributed by atoms with Crippen molar-refractivity contribution in [3.8, 4) is 22.9 Å². The Bertz CT molecular complexity index is 1280. The van der Waals surface area contributed by atoms with E-state index in [1.54, 1.807) is 11.7 Å². The van der Waals surface area contributed by atoms with Gasteiger partial charge in [0.1, 0.15) is 17.3 Å². The Morgan fingerprint density at radius 3 is 2.31 bits per heavy atom. The Kier molecular flexibility index (Phi) is 6.26. The third kappa shape index (κ3) is 4.37. The van der Waals surface area contributed by atoms with Crippen LogP contribution >= 0.6 is 0 Å². The van der Waals surface area contributed by atoms with Crippen LogP contribution in [0.1, 0.15) is 23.1 Å². The summed E-state index contributed by atoms with van der Waals surface area (Å²) in [6.45, 7) is 7.25. The Morgan fingerprint density at radius 1 is 0.938 bits per heavy atom. The van der Waals surface area contributed by atoms with Crippen LogP contribution in [0, 0.1) is 20.8 Å². The number of hydrogen-bond donors (Lipinski definition) is 0. The molecule has 32 heavy (non-hydrogen) atoms. The maximum absolute atomic E-state index is 13.3. The van der Waals surface area contributed by atoms with E-state index in [0.717, 1.165) is 28.2 Å². The minimum absolute atomic E-state index is 0.0379. The number of fused-ring (bicyclic) bond motifs is 1. The lowest BCUT2D eigenvalue weighted by atomic mass is 10.1. The lowest BCUT2D eigenvalue weighted by molar-refractivity contribution is 0.297. The second kappa shape index (κ2) is 9.27. The fraction of sp³-hybridized carbons (Fsp3) is 0.259. The minimum atomic E-state index is -0.0379. The van der Waals surface area contributed by atoms with E-state index in [2.05, 4.69) is 32.9 Å². The molecule has 0 amide bonds. The third-order valence-electron chi connectivity index (χ3n) is 5.59. The van der Waals surface area contributed by atoms with Crippen molar-refractivity contribution >= 4 is 10.9 Å². The number of nitrogens with zero attached hydrogens (tertiary/aromatic N) is 2. The van der Waals surface area contributed by atoms with Crippen LogP contribution in [-0.2, 0) is 6.54 Å². The van der Waals surface area contributed by atoms with Gasteiger partial charge in [-0.05, 0) is 74.7 Å². The van der Waals surface area contributed by atoms with E-state index in [1.165, 1.54) is 5.56 Å². The Labute approximate surface area is 188 Å². The van der Waals surface area contributed by atoms with Crippen molar-refractivity contribution in [2.75, 3.05) is 13.7 Å². The second-order valence-corrected chi connectivity index (χ2v) is 8.07. The van der Waals surface area contributed by atoms with E-state index in [-0.39, 0.29) is 5.56 Å². The van der Waals surface area contributed by atoms with Crippen molar-refractivity contribution in [1.29, 1.82) is 0 Å². The van der Waals surface area contributed by atoms with Gasteiger partial charge in [0.2, 0.25) is 0 Å². The summed E-state index contributed by atoms with van der Waals surface area (Å²) in [5.41, 5.74) is 5.02. The molecule has 0 fully saturated rings. The normalized spacial score (nSPS) is 11.0. The molecule has 0 unspecified atom stereocenters. The Morgan fingerprint density at radius 2 is 1.62 bits per heavy atom. The summed E-state index contributed by atoms with van der Waals surface area (Å²) in [6, 6.07) is 19.4. The maximum atomic E-state index is 13.3. The number of hydrogen-bond acceptors (Lipinski definition) is 4. The quantitative estimate of drug-likeness (QED) is 0.367. The van der Waals surface area contributed by atoms with Crippen LogP contribution in [0.15, 0.2) is 65.5 Å². The first kappa shape index (κ1) is 21.6. The summed E-state index contributed by atoms with van der Waals surface area (Å²) < 4.78 is 13.1. The standard InChI is InChI=1S/C27H28N2O3/c1-18-16-19(2)25(20(3)17-18)32-15-7-14-29-26(21-10-12-22(31-4)13-11-21)28-24-9-6-5-8-23(24)27(29)30/h5-6,8-13,16-17H,7,14-15H2,1-4H3. The summed E-state index contributed by atoms with van der Waals surface area (Å²) in [7, 11) is 1.64. The molecular weight excluding hydrogens is 400 g/mol. The zero-order valence-electron chi connectivity index (χ0n) is 19.0. The van der Waals surface area contributed by atoms with Gasteiger partial charge in [0.05, 0.1) is 24.6 Å². The Balaban J connectivity index is 1.62. The van der Waals surface area contributed by atoms with Gasteiger partial charge in [0.15, 0.2) is 0 Å². The Hall–Kier alpha value is -3.60. The van der Waals surface area contributed by atoms with Crippen molar-refractivity contribution in [3.63, 3.8) is 0 Å². The summed E-state index contributed by atoms with van der Waals surface area (Å²) >= 11 is 0. The molecule has 0 saturated carbocycles. The molecule has 0 spiro atoms. The average Bonchev–Trinajstić information content (AvgIpc) is 2.79. The molecular formula is C27H28N2O3. The monoisotopic (exact) mass is 428 g/mol. The van der Waals surface area contributed by atoms with E-state index < -0.39 is 0 Å². The van der Waals surface area contributed by atoms with Gasteiger partial charge in [-0.1, -0.05) is 29.8 Å². The topological polar surface area (TPSA) is 53.3 Å². The van der Waals surface area contributed by atoms with Crippen molar-refractivity contribution < 1.29 is 9.47 Å². The van der Waals surface area contributed by atoms with E-state index in [1.807, 2.05) is 48.5 Å². The summed E-state index contributed by atoms with van der Waals surface area (Å²) in [5, 5.41) is 0.621. The summed E-state index contributed by atoms with van der Waals surface area (Å²) in [6.07, 6.45) is 0.690. The fourth-order valence-electron chi connectivity index (χ4n) is 4.13. The molecule has 4 aromatic rings. The van der Waals surface area contributed by atoms with Crippen molar-refractivity contribution in [3.05, 3.63) is 87.7 Å². The first-order chi connectivity index (χ1) is 15.5. The van der Waals surface area contributed by atoms with Crippen LogP contribution in [0.3, 0.4) is 0 Å². The van der Waals surface area contributed by atoms with Gasteiger partial charge in [-0.2, -0.15) is 0 Å². The molecule has 0 radical (unpaired) electrons. The first-order valence-corrected chi connectivity index (χ1v) is 10.8. The van der Waals surface area contributed by atoms with Crippen molar-refractivity contribution in [2.24, 2.45) is 0 Å². The molecule has 0 aliphatic heterocycles. The molecule has 0 N–H and O–H groups in total. The molecule has 0 bridgehead atoms. The molecule has 5 nitrogen and oxygen atoms in total. The predicted octanol–water partition coefficient (Wildman–Crippen LogP) is 5.47. The second-order valence-electron chi connectivity index (χ2n) is 8.07. The van der Waals surface area contributed by atoms with Crippen molar-refractivity contribution in [2.45, 2.75) is 33.7 Å². The molecule has 0 aliphatic carbocycles. The average molecular weight is 429 g/mol. The van der Waals surface area contributed by atoms with Crippen LogP contribution in [0.2, 0.25) is 0 Å². The molecule has 1 heterocycles. The van der Waals surface area contributed by atoms with Crippen LogP contribution in [-0.4, -0.2) is 23.3 Å². The van der Waals surface area contributed by atoms with E-state index >= 15 is 0 Å². The van der Waals surface area contributed by atoms with Gasteiger partial charge in [-0.15, -0.1) is 0 Å². The summed E-state index contributed by atoms with van der Waals surface area (Å²) in [5.74, 6) is 2.34. The number of para-hydroxylation sites is 1. The van der Waals surface area contributed by atoms with Gasteiger partial charge < -0.3 is 9.47 Å². The number of rotatable bonds is 7. The number of aromatic nitrogens is 2. The summed E-state index contributed by atoms with van der Waals surface area (Å²) in [4.78, 5) is 18.1. The molecule has 0 aliphatic rings. The highest BCUT2D eigenvalue weighted by atomic mass is 16.5. The van der Waals surface area contributed by atoms with Crippen molar-refractivity contribution in [1.82, 2.24) is 9.55 Å². The number of methoxy groups -OCH3 is 1. The zero-order valence-corrected chi connectivity index (χ0v) is 19.0. The van der Waals surface area contributed by atoms with Gasteiger partial charge in [0.25, 0.3) is 5.56 Å². The maximum Gasteiger partial charge on any atom is 0.261 e. The molecule has 0 saturated heterocycles. The van der Waals surface area contributed by atoms with Gasteiger partial charge >= 0.3 is 0 Å². The highest BCUT2D eigenvalue weighted by molar-refractivity contribution is 5.79. The minimum Gasteiger partial charge on any atom is -0.497 e. The zero-order chi connectivity index (χ0) is 22.7. The smallest absolute Gasteiger partial charge is 0.261 e. The first-order valence-electron chi connectivity index (χ1n) is 10.8. The molecule has 5 heteroatoms. The molecule has 0 atom stereocenters. The highest BCUT2D eigenvalue weighted by Gasteiger charge is 2.13. The van der Waals surface area contributed by atoms with Gasteiger partial charge in [0, 0.05) is 12.1 Å². The third-order valence-corrected chi connectivity index (χ3v) is 5.59. The largest absolute Gasteiger partial charge is 0.497 e. The SMILES string of the molecule is COc1ccc(-c2nc3ccccc3c(=O)n2CCCOc2c(C)cc(C)cc2C)cc1. The lowest BCUT2D eigenvalue weighted by Gasteiger charge is -2.16. The molecule has 3 aromatic carbocycles. The van der Waals surface area contributed by atoms with Crippen LogP contribution in [0.25, 0.3) is 22.3 Å². The number of ether oxygens (including phenoxy) is 2. The van der Waals surface area contributed by atoms with E-state index in [9.17, 15) is 4.79 Å². The van der Waals surface area contributed by atoms with Crippen LogP contribution < -0.4 is 15.0 Å². The van der Waals surface area contributed by atoms with E-state index in [4.69, 9.17) is 14.5 Å². The van der Waals surface area contributed by atoms with Gasteiger partial charge in [-0.3, -0.25) is 9.36 Å². The lowest BCUT2D eigenvalue weighted by Crippen LogP contribution is -2.24. The number of aryl methyl sites for hydroxylation is 3. The fourth-order valence-corrected chi connectivity index (χ4v) is 4.13. The van der Waals surface area contributed by atoms with Crippen LogP contribution in [0.5, 0.6) is 11.5 Å². The predicted molar refractivity (Wildman–Crippen MR) is 129 cm³/mol. The molecule has 1 aromatic heterocycles.